The monoisotopic (exact) mass is 450 g/mol. The van der Waals surface area contributed by atoms with E-state index in [-0.39, 0.29) is 18.3 Å². The number of benzene rings is 2. The first-order chi connectivity index (χ1) is 15.7. The summed E-state index contributed by atoms with van der Waals surface area (Å²) < 4.78 is 22.6. The lowest BCUT2D eigenvalue weighted by Gasteiger charge is -2.09. The van der Waals surface area contributed by atoms with Crippen molar-refractivity contribution in [3.8, 4) is 11.4 Å². The SMILES string of the molecule is COCc1c(C(=O)Nc2ccc(-c3nnc4n3CCCCC4)cc2)sc2cccc(F)c12. The van der Waals surface area contributed by atoms with E-state index in [0.29, 0.717) is 21.5 Å². The molecule has 1 aliphatic rings. The van der Waals surface area contributed by atoms with Crippen LogP contribution in [0.15, 0.2) is 42.5 Å². The molecule has 0 aliphatic carbocycles. The lowest BCUT2D eigenvalue weighted by Crippen LogP contribution is -2.12. The van der Waals surface area contributed by atoms with Crippen molar-refractivity contribution in [2.75, 3.05) is 12.4 Å². The lowest BCUT2D eigenvalue weighted by atomic mass is 10.1. The molecule has 0 spiro atoms. The molecule has 1 amide bonds. The Morgan fingerprint density at radius 1 is 1.16 bits per heavy atom. The Morgan fingerprint density at radius 3 is 2.81 bits per heavy atom. The molecule has 4 aromatic rings. The topological polar surface area (TPSA) is 69.0 Å². The van der Waals surface area contributed by atoms with Crippen molar-refractivity contribution in [3.63, 3.8) is 0 Å². The minimum Gasteiger partial charge on any atom is -0.380 e. The number of hydrogen-bond donors (Lipinski definition) is 1. The largest absolute Gasteiger partial charge is 0.380 e. The Balaban J connectivity index is 1.40. The number of thiophene rings is 1. The maximum atomic E-state index is 14.4. The van der Waals surface area contributed by atoms with Gasteiger partial charge in [-0.15, -0.1) is 21.5 Å². The van der Waals surface area contributed by atoms with E-state index in [1.165, 1.54) is 30.9 Å². The fraction of sp³-hybridized carbons (Fsp3) is 0.292. The fourth-order valence-electron chi connectivity index (χ4n) is 4.22. The van der Waals surface area contributed by atoms with Crippen LogP contribution in [0.4, 0.5) is 10.1 Å². The standard InChI is InChI=1S/C24H23FN4O2S/c1-31-14-17-21-18(25)6-5-7-19(21)32-22(17)24(30)26-16-11-9-15(10-12-16)23-28-27-20-8-3-2-4-13-29(20)23/h5-7,9-12H,2-4,8,13-14H2,1H3,(H,26,30). The van der Waals surface area contributed by atoms with Crippen LogP contribution in [0.5, 0.6) is 0 Å². The van der Waals surface area contributed by atoms with Crippen LogP contribution < -0.4 is 5.32 Å². The summed E-state index contributed by atoms with van der Waals surface area (Å²) in [6.45, 7) is 1.10. The first-order valence-corrected chi connectivity index (χ1v) is 11.5. The highest BCUT2D eigenvalue weighted by Crippen LogP contribution is 2.34. The summed E-state index contributed by atoms with van der Waals surface area (Å²) in [5, 5.41) is 12.1. The Labute approximate surface area is 189 Å². The first-order valence-electron chi connectivity index (χ1n) is 10.7. The number of fused-ring (bicyclic) bond motifs is 2. The molecule has 164 valence electrons. The number of amides is 1. The molecule has 32 heavy (non-hydrogen) atoms. The smallest absolute Gasteiger partial charge is 0.266 e. The van der Waals surface area contributed by atoms with Gasteiger partial charge in [0, 0.05) is 47.0 Å². The maximum absolute atomic E-state index is 14.4. The lowest BCUT2D eigenvalue weighted by molar-refractivity contribution is 0.102. The fourth-order valence-corrected chi connectivity index (χ4v) is 5.34. The molecule has 0 atom stereocenters. The highest BCUT2D eigenvalue weighted by atomic mass is 32.1. The number of nitrogens with one attached hydrogen (secondary N) is 1. The van der Waals surface area contributed by atoms with Gasteiger partial charge in [0.2, 0.25) is 0 Å². The summed E-state index contributed by atoms with van der Waals surface area (Å²) in [7, 11) is 1.54. The van der Waals surface area contributed by atoms with Gasteiger partial charge in [0.15, 0.2) is 5.82 Å². The maximum Gasteiger partial charge on any atom is 0.266 e. The van der Waals surface area contributed by atoms with Crippen molar-refractivity contribution < 1.29 is 13.9 Å². The van der Waals surface area contributed by atoms with Gasteiger partial charge >= 0.3 is 0 Å². The third-order valence-electron chi connectivity index (χ3n) is 5.77. The summed E-state index contributed by atoms with van der Waals surface area (Å²) in [6, 6.07) is 12.5. The number of rotatable bonds is 5. The second kappa shape index (κ2) is 8.80. The predicted octanol–water partition coefficient (Wildman–Crippen LogP) is 5.42. The second-order valence-electron chi connectivity index (χ2n) is 7.89. The Bertz CT molecular complexity index is 1280. The third kappa shape index (κ3) is 3.80. The number of carbonyl (C=O) groups is 1. The zero-order valence-electron chi connectivity index (χ0n) is 17.7. The van der Waals surface area contributed by atoms with E-state index in [2.05, 4.69) is 20.1 Å². The quantitative estimate of drug-likeness (QED) is 0.441. The van der Waals surface area contributed by atoms with Gasteiger partial charge in [0.1, 0.15) is 11.6 Å². The van der Waals surface area contributed by atoms with E-state index in [1.807, 2.05) is 30.3 Å². The molecule has 0 radical (unpaired) electrons. The molecule has 8 heteroatoms. The van der Waals surface area contributed by atoms with Crippen LogP contribution in [0, 0.1) is 5.82 Å². The number of aromatic nitrogens is 3. The molecule has 2 aromatic heterocycles. The van der Waals surface area contributed by atoms with Gasteiger partial charge < -0.3 is 14.6 Å². The highest BCUT2D eigenvalue weighted by Gasteiger charge is 2.21. The Hall–Kier alpha value is -3.10. The minimum atomic E-state index is -0.346. The summed E-state index contributed by atoms with van der Waals surface area (Å²) in [6.07, 6.45) is 4.45. The second-order valence-corrected chi connectivity index (χ2v) is 8.94. The van der Waals surface area contributed by atoms with Crippen molar-refractivity contribution in [3.05, 3.63) is 64.5 Å². The summed E-state index contributed by atoms with van der Waals surface area (Å²) in [4.78, 5) is 13.5. The van der Waals surface area contributed by atoms with Gasteiger partial charge in [-0.3, -0.25) is 4.79 Å². The number of aryl methyl sites for hydroxylation is 1. The van der Waals surface area contributed by atoms with Crippen LogP contribution in [0.25, 0.3) is 21.5 Å². The molecule has 5 rings (SSSR count). The molecule has 1 aliphatic heterocycles. The molecule has 0 bridgehead atoms. The molecule has 0 fully saturated rings. The normalized spacial score (nSPS) is 13.7. The molecule has 0 unspecified atom stereocenters. The van der Waals surface area contributed by atoms with Crippen molar-refractivity contribution in [1.29, 1.82) is 0 Å². The van der Waals surface area contributed by atoms with E-state index in [0.717, 1.165) is 47.7 Å². The Morgan fingerprint density at radius 2 is 2.00 bits per heavy atom. The molecular weight excluding hydrogens is 427 g/mol. The summed E-state index contributed by atoms with van der Waals surface area (Å²) in [5.74, 6) is 1.28. The van der Waals surface area contributed by atoms with Gasteiger partial charge in [-0.2, -0.15) is 0 Å². The van der Waals surface area contributed by atoms with Gasteiger partial charge in [0.05, 0.1) is 11.5 Å². The van der Waals surface area contributed by atoms with Crippen LogP contribution in [-0.4, -0.2) is 27.8 Å². The zero-order valence-corrected chi connectivity index (χ0v) is 18.5. The summed E-state index contributed by atoms with van der Waals surface area (Å²) >= 11 is 1.27. The molecule has 2 aromatic carbocycles. The molecule has 3 heterocycles. The molecule has 1 N–H and O–H groups in total. The van der Waals surface area contributed by atoms with E-state index in [4.69, 9.17) is 4.74 Å². The van der Waals surface area contributed by atoms with E-state index >= 15 is 0 Å². The third-order valence-corrected chi connectivity index (χ3v) is 6.96. The average molecular weight is 451 g/mol. The molecular formula is C24H23FN4O2S. The number of halogens is 1. The van der Waals surface area contributed by atoms with Gasteiger partial charge in [-0.05, 0) is 49.2 Å². The first kappa shape index (κ1) is 20.8. The number of ether oxygens (including phenoxy) is 1. The van der Waals surface area contributed by atoms with Crippen LogP contribution in [0.3, 0.4) is 0 Å². The minimum absolute atomic E-state index is 0.167. The average Bonchev–Trinajstić information content (AvgIpc) is 3.29. The molecule has 0 saturated carbocycles. The molecule has 6 nitrogen and oxygen atoms in total. The van der Waals surface area contributed by atoms with Crippen LogP contribution >= 0.6 is 11.3 Å². The summed E-state index contributed by atoms with van der Waals surface area (Å²) in [5.41, 5.74) is 2.20. The predicted molar refractivity (Wildman–Crippen MR) is 123 cm³/mol. The van der Waals surface area contributed by atoms with Crippen LogP contribution in [0.2, 0.25) is 0 Å². The van der Waals surface area contributed by atoms with Gasteiger partial charge in [-0.1, -0.05) is 12.5 Å². The number of hydrogen-bond acceptors (Lipinski definition) is 5. The van der Waals surface area contributed by atoms with Gasteiger partial charge in [-0.25, -0.2) is 4.39 Å². The highest BCUT2D eigenvalue weighted by molar-refractivity contribution is 7.21. The number of anilines is 1. The van der Waals surface area contributed by atoms with Crippen molar-refractivity contribution in [2.45, 2.75) is 38.8 Å². The van der Waals surface area contributed by atoms with E-state index in [9.17, 15) is 9.18 Å². The zero-order chi connectivity index (χ0) is 22.1. The number of carbonyl (C=O) groups excluding carboxylic acids is 1. The van der Waals surface area contributed by atoms with Crippen molar-refractivity contribution in [1.82, 2.24) is 14.8 Å². The van der Waals surface area contributed by atoms with Gasteiger partial charge in [0.25, 0.3) is 5.91 Å². The number of nitrogens with zero attached hydrogens (tertiary/aromatic N) is 3. The molecule has 0 saturated heterocycles. The number of methoxy groups -OCH3 is 1. The van der Waals surface area contributed by atoms with Crippen molar-refractivity contribution >= 4 is 33.0 Å². The van der Waals surface area contributed by atoms with E-state index < -0.39 is 0 Å². The van der Waals surface area contributed by atoms with Crippen molar-refractivity contribution in [2.24, 2.45) is 0 Å². The Kier molecular flexibility index (Phi) is 5.71. The van der Waals surface area contributed by atoms with E-state index in [1.54, 1.807) is 6.07 Å². The van der Waals surface area contributed by atoms with Crippen LogP contribution in [-0.2, 0) is 24.3 Å². The van der Waals surface area contributed by atoms with Crippen LogP contribution in [0.1, 0.15) is 40.3 Å².